The Labute approximate surface area is 107 Å². The molecule has 0 bridgehead atoms. The quantitative estimate of drug-likeness (QED) is 0.801. The standard InChI is InChI=1S/C12H20N4O2/c1-4-10(5-2)16-11(6-7-14-16)15-12(18)8-13-9(3)17/h6-7,10H,4-5,8H2,1-3H3,(H,13,17)(H,15,18). The van der Waals surface area contributed by atoms with E-state index >= 15 is 0 Å². The van der Waals surface area contributed by atoms with Crippen LogP contribution >= 0.6 is 0 Å². The summed E-state index contributed by atoms with van der Waals surface area (Å²) >= 11 is 0. The van der Waals surface area contributed by atoms with Gasteiger partial charge in [-0.15, -0.1) is 0 Å². The van der Waals surface area contributed by atoms with Gasteiger partial charge in [-0.2, -0.15) is 5.10 Å². The average Bonchev–Trinajstić information content (AvgIpc) is 2.77. The molecule has 18 heavy (non-hydrogen) atoms. The highest BCUT2D eigenvalue weighted by atomic mass is 16.2. The molecule has 1 aromatic heterocycles. The van der Waals surface area contributed by atoms with Crippen LogP contribution in [0, 0.1) is 0 Å². The van der Waals surface area contributed by atoms with E-state index in [0.29, 0.717) is 5.82 Å². The number of rotatable bonds is 6. The zero-order chi connectivity index (χ0) is 13.5. The van der Waals surface area contributed by atoms with E-state index in [1.165, 1.54) is 6.92 Å². The zero-order valence-electron chi connectivity index (χ0n) is 11.1. The Bertz CT molecular complexity index is 410. The van der Waals surface area contributed by atoms with Crippen LogP contribution in [0.3, 0.4) is 0 Å². The van der Waals surface area contributed by atoms with Crippen molar-refractivity contribution < 1.29 is 9.59 Å². The maximum absolute atomic E-state index is 11.6. The number of nitrogens with one attached hydrogen (secondary N) is 2. The fourth-order valence-electron chi connectivity index (χ4n) is 1.73. The Morgan fingerprint density at radius 1 is 1.39 bits per heavy atom. The summed E-state index contributed by atoms with van der Waals surface area (Å²) < 4.78 is 1.81. The Balaban J connectivity index is 2.64. The van der Waals surface area contributed by atoms with Crippen molar-refractivity contribution in [2.24, 2.45) is 0 Å². The van der Waals surface area contributed by atoms with Crippen molar-refractivity contribution in [1.82, 2.24) is 15.1 Å². The van der Waals surface area contributed by atoms with E-state index in [0.717, 1.165) is 12.8 Å². The van der Waals surface area contributed by atoms with Gasteiger partial charge < -0.3 is 10.6 Å². The lowest BCUT2D eigenvalue weighted by molar-refractivity contribution is -0.122. The Morgan fingerprint density at radius 2 is 2.06 bits per heavy atom. The highest BCUT2D eigenvalue weighted by Crippen LogP contribution is 2.19. The number of anilines is 1. The van der Waals surface area contributed by atoms with E-state index in [9.17, 15) is 9.59 Å². The first-order chi connectivity index (χ1) is 8.58. The SMILES string of the molecule is CCC(CC)n1nccc1NC(=O)CNC(C)=O. The number of carbonyl (C=O) groups is 2. The van der Waals surface area contributed by atoms with Crippen molar-refractivity contribution in [3.8, 4) is 0 Å². The maximum Gasteiger partial charge on any atom is 0.244 e. The molecular formula is C12H20N4O2. The molecule has 6 heteroatoms. The highest BCUT2D eigenvalue weighted by molar-refractivity contribution is 5.93. The van der Waals surface area contributed by atoms with E-state index < -0.39 is 0 Å². The van der Waals surface area contributed by atoms with Crippen LogP contribution in [-0.2, 0) is 9.59 Å². The van der Waals surface area contributed by atoms with Crippen LogP contribution in [0.2, 0.25) is 0 Å². The van der Waals surface area contributed by atoms with Crippen LogP contribution in [0.15, 0.2) is 12.3 Å². The number of aromatic nitrogens is 2. The van der Waals surface area contributed by atoms with E-state index in [-0.39, 0.29) is 24.4 Å². The Morgan fingerprint density at radius 3 is 2.61 bits per heavy atom. The van der Waals surface area contributed by atoms with Crippen molar-refractivity contribution in [2.45, 2.75) is 39.7 Å². The molecule has 0 fully saturated rings. The predicted molar refractivity (Wildman–Crippen MR) is 69.2 cm³/mol. The largest absolute Gasteiger partial charge is 0.347 e. The summed E-state index contributed by atoms with van der Waals surface area (Å²) in [4.78, 5) is 22.3. The van der Waals surface area contributed by atoms with Crippen LogP contribution < -0.4 is 10.6 Å². The van der Waals surface area contributed by atoms with Gasteiger partial charge in [0.2, 0.25) is 11.8 Å². The van der Waals surface area contributed by atoms with Gasteiger partial charge in [0, 0.05) is 13.0 Å². The summed E-state index contributed by atoms with van der Waals surface area (Å²) in [5.41, 5.74) is 0. The summed E-state index contributed by atoms with van der Waals surface area (Å²) in [6, 6.07) is 2.03. The van der Waals surface area contributed by atoms with Gasteiger partial charge in [-0.25, -0.2) is 4.68 Å². The number of hydrogen-bond donors (Lipinski definition) is 2. The molecule has 2 N–H and O–H groups in total. The van der Waals surface area contributed by atoms with Gasteiger partial charge in [-0.05, 0) is 12.8 Å². The number of carbonyl (C=O) groups excluding carboxylic acids is 2. The van der Waals surface area contributed by atoms with Crippen LogP contribution in [-0.4, -0.2) is 28.1 Å². The topological polar surface area (TPSA) is 76.0 Å². The third kappa shape index (κ3) is 3.87. The van der Waals surface area contributed by atoms with Crippen LogP contribution in [0.4, 0.5) is 5.82 Å². The molecule has 1 heterocycles. The van der Waals surface area contributed by atoms with Gasteiger partial charge in [-0.1, -0.05) is 13.8 Å². The lowest BCUT2D eigenvalue weighted by Gasteiger charge is -2.16. The second kappa shape index (κ2) is 6.78. The molecule has 0 radical (unpaired) electrons. The molecule has 6 nitrogen and oxygen atoms in total. The molecule has 0 spiro atoms. The molecule has 0 unspecified atom stereocenters. The van der Waals surface area contributed by atoms with Gasteiger partial charge in [0.05, 0.1) is 18.8 Å². The Kier molecular flexibility index (Phi) is 5.35. The Hall–Kier alpha value is -1.85. The summed E-state index contributed by atoms with van der Waals surface area (Å²) in [6.07, 6.45) is 3.56. The maximum atomic E-state index is 11.6. The van der Waals surface area contributed by atoms with Crippen molar-refractivity contribution >= 4 is 17.6 Å². The van der Waals surface area contributed by atoms with Crippen LogP contribution in [0.25, 0.3) is 0 Å². The van der Waals surface area contributed by atoms with Gasteiger partial charge >= 0.3 is 0 Å². The fourth-order valence-corrected chi connectivity index (χ4v) is 1.73. The first-order valence-electron chi connectivity index (χ1n) is 6.16. The summed E-state index contributed by atoms with van der Waals surface area (Å²) in [5.74, 6) is 0.190. The minimum atomic E-state index is -0.252. The van der Waals surface area contributed by atoms with Gasteiger partial charge in [-0.3, -0.25) is 9.59 Å². The predicted octanol–water partition coefficient (Wildman–Crippen LogP) is 1.32. The van der Waals surface area contributed by atoms with Crippen molar-refractivity contribution in [3.63, 3.8) is 0 Å². The molecule has 1 aromatic rings. The third-order valence-electron chi connectivity index (χ3n) is 2.72. The number of amides is 2. The van der Waals surface area contributed by atoms with E-state index in [2.05, 4.69) is 29.6 Å². The molecule has 1 rings (SSSR count). The molecule has 0 atom stereocenters. The second-order valence-corrected chi connectivity index (χ2v) is 4.09. The third-order valence-corrected chi connectivity index (χ3v) is 2.72. The molecule has 0 aliphatic rings. The summed E-state index contributed by atoms with van der Waals surface area (Å²) in [5, 5.41) is 9.42. The molecule has 0 saturated carbocycles. The van der Waals surface area contributed by atoms with Gasteiger partial charge in [0.15, 0.2) is 0 Å². The highest BCUT2D eigenvalue weighted by Gasteiger charge is 2.13. The van der Waals surface area contributed by atoms with E-state index in [4.69, 9.17) is 0 Å². The van der Waals surface area contributed by atoms with Crippen molar-refractivity contribution in [3.05, 3.63) is 12.3 Å². The minimum absolute atomic E-state index is 0.0244. The van der Waals surface area contributed by atoms with E-state index in [1.54, 1.807) is 12.3 Å². The molecule has 2 amide bonds. The number of nitrogens with zero attached hydrogens (tertiary/aromatic N) is 2. The van der Waals surface area contributed by atoms with Crippen molar-refractivity contribution in [1.29, 1.82) is 0 Å². The number of hydrogen-bond acceptors (Lipinski definition) is 3. The lowest BCUT2D eigenvalue weighted by Crippen LogP contribution is -2.32. The molecule has 0 aliphatic heterocycles. The minimum Gasteiger partial charge on any atom is -0.347 e. The fraction of sp³-hybridized carbons (Fsp3) is 0.583. The van der Waals surface area contributed by atoms with Gasteiger partial charge in [0.1, 0.15) is 5.82 Å². The lowest BCUT2D eigenvalue weighted by atomic mass is 10.2. The molecule has 0 aromatic carbocycles. The first-order valence-corrected chi connectivity index (χ1v) is 6.16. The monoisotopic (exact) mass is 252 g/mol. The zero-order valence-corrected chi connectivity index (χ0v) is 11.1. The molecule has 0 aliphatic carbocycles. The average molecular weight is 252 g/mol. The normalized spacial score (nSPS) is 10.4. The molecular weight excluding hydrogens is 232 g/mol. The summed E-state index contributed by atoms with van der Waals surface area (Å²) in [6.45, 7) is 5.52. The second-order valence-electron chi connectivity index (χ2n) is 4.09. The van der Waals surface area contributed by atoms with Crippen LogP contribution in [0.1, 0.15) is 39.7 Å². The van der Waals surface area contributed by atoms with Gasteiger partial charge in [0.25, 0.3) is 0 Å². The van der Waals surface area contributed by atoms with Crippen molar-refractivity contribution in [2.75, 3.05) is 11.9 Å². The molecule has 100 valence electrons. The smallest absolute Gasteiger partial charge is 0.244 e. The van der Waals surface area contributed by atoms with Crippen LogP contribution in [0.5, 0.6) is 0 Å². The van der Waals surface area contributed by atoms with E-state index in [1.807, 2.05) is 4.68 Å². The molecule has 0 saturated heterocycles. The first kappa shape index (κ1) is 14.2. The summed E-state index contributed by atoms with van der Waals surface area (Å²) in [7, 11) is 0.